The predicted octanol–water partition coefficient (Wildman–Crippen LogP) is 2.25. The van der Waals surface area contributed by atoms with Crippen molar-refractivity contribution in [3.63, 3.8) is 0 Å². The Labute approximate surface area is 103 Å². The Kier molecular flexibility index (Phi) is 6.08. The van der Waals surface area contributed by atoms with E-state index >= 15 is 0 Å². The molecule has 0 aliphatic heterocycles. The Morgan fingerprint density at radius 3 is 2.12 bits per heavy atom. The molecule has 0 aliphatic rings. The highest BCUT2D eigenvalue weighted by atomic mass is 35.5. The van der Waals surface area contributed by atoms with Crippen LogP contribution in [-0.2, 0) is 0 Å². The van der Waals surface area contributed by atoms with Gasteiger partial charge in [-0.25, -0.2) is 0 Å². The molecule has 16 heavy (non-hydrogen) atoms. The number of carbonyl (C=O) groups is 1. The van der Waals surface area contributed by atoms with E-state index < -0.39 is 0 Å². The number of rotatable bonds is 4. The summed E-state index contributed by atoms with van der Waals surface area (Å²) in [7, 11) is 5.40. The molecule has 0 aliphatic carbocycles. The van der Waals surface area contributed by atoms with E-state index in [-0.39, 0.29) is 24.2 Å². The molecule has 4 heteroatoms. The van der Waals surface area contributed by atoms with Crippen LogP contribution in [0.3, 0.4) is 0 Å². The van der Waals surface area contributed by atoms with Crippen LogP contribution < -0.4 is 4.74 Å². The van der Waals surface area contributed by atoms with Gasteiger partial charge in [-0.15, -0.1) is 12.4 Å². The molecule has 0 N–H and O–H groups in total. The smallest absolute Gasteiger partial charge is 0.179 e. The van der Waals surface area contributed by atoms with E-state index in [1.165, 1.54) is 0 Å². The Morgan fingerprint density at radius 2 is 1.75 bits per heavy atom. The van der Waals surface area contributed by atoms with E-state index in [2.05, 4.69) is 0 Å². The van der Waals surface area contributed by atoms with E-state index in [0.717, 1.165) is 11.3 Å². The molecular weight excluding hydrogens is 226 g/mol. The lowest BCUT2D eigenvalue weighted by Gasteiger charge is -2.18. The number of carbonyl (C=O) groups excluding carboxylic acids is 1. The summed E-state index contributed by atoms with van der Waals surface area (Å²) in [6, 6.07) is 7.09. The molecule has 0 heterocycles. The van der Waals surface area contributed by atoms with Gasteiger partial charge in [0.15, 0.2) is 5.78 Å². The van der Waals surface area contributed by atoms with Gasteiger partial charge in [-0.2, -0.15) is 0 Å². The van der Waals surface area contributed by atoms with Gasteiger partial charge in [0, 0.05) is 5.56 Å². The topological polar surface area (TPSA) is 29.5 Å². The van der Waals surface area contributed by atoms with Crippen molar-refractivity contribution in [2.75, 3.05) is 21.2 Å². The summed E-state index contributed by atoms with van der Waals surface area (Å²) in [6.07, 6.45) is 0. The van der Waals surface area contributed by atoms with Crippen molar-refractivity contribution in [1.29, 1.82) is 0 Å². The van der Waals surface area contributed by atoms with Crippen LogP contribution in [-0.4, -0.2) is 37.9 Å². The molecule has 1 aromatic rings. The van der Waals surface area contributed by atoms with Crippen LogP contribution in [0.1, 0.15) is 17.3 Å². The number of hydrogen-bond donors (Lipinski definition) is 0. The third-order valence-electron chi connectivity index (χ3n) is 2.53. The maximum Gasteiger partial charge on any atom is 0.179 e. The molecule has 0 radical (unpaired) electrons. The van der Waals surface area contributed by atoms with Crippen molar-refractivity contribution in [3.05, 3.63) is 29.8 Å². The minimum atomic E-state index is -0.0987. The van der Waals surface area contributed by atoms with Gasteiger partial charge in [0.05, 0.1) is 13.2 Å². The fraction of sp³-hybridized carbons (Fsp3) is 0.417. The first-order valence-corrected chi connectivity index (χ1v) is 4.91. The molecule has 90 valence electrons. The molecule has 0 bridgehead atoms. The zero-order valence-electron chi connectivity index (χ0n) is 10.1. The predicted molar refractivity (Wildman–Crippen MR) is 67.7 cm³/mol. The fourth-order valence-electron chi connectivity index (χ4n) is 1.23. The number of hydrogen-bond acceptors (Lipinski definition) is 3. The maximum absolute atomic E-state index is 11.9. The second-order valence-corrected chi connectivity index (χ2v) is 3.73. The zero-order valence-corrected chi connectivity index (χ0v) is 10.9. The molecule has 1 unspecified atom stereocenters. The number of nitrogens with zero attached hydrogens (tertiary/aromatic N) is 1. The third-order valence-corrected chi connectivity index (χ3v) is 2.53. The Morgan fingerprint density at radius 1 is 1.25 bits per heavy atom. The number of methoxy groups -OCH3 is 1. The van der Waals surface area contributed by atoms with Crippen molar-refractivity contribution < 1.29 is 9.53 Å². The molecule has 0 saturated carbocycles. The molecule has 0 spiro atoms. The zero-order chi connectivity index (χ0) is 11.4. The van der Waals surface area contributed by atoms with Crippen LogP contribution in [0.15, 0.2) is 24.3 Å². The highest BCUT2D eigenvalue weighted by Gasteiger charge is 2.16. The van der Waals surface area contributed by atoms with Crippen molar-refractivity contribution in [1.82, 2.24) is 4.90 Å². The standard InChI is InChI=1S/C12H17NO2.ClH/c1-9(13(2)3)12(14)10-5-7-11(15-4)8-6-10;/h5-9H,1-4H3;1H. The first-order chi connectivity index (χ1) is 7.06. The van der Waals surface area contributed by atoms with Gasteiger partial charge < -0.3 is 4.74 Å². The van der Waals surface area contributed by atoms with Gasteiger partial charge in [-0.3, -0.25) is 9.69 Å². The summed E-state index contributed by atoms with van der Waals surface area (Å²) < 4.78 is 5.04. The molecule has 0 fully saturated rings. The van der Waals surface area contributed by atoms with E-state index in [1.807, 2.05) is 25.9 Å². The Bertz CT molecular complexity index is 335. The maximum atomic E-state index is 11.9. The molecule has 0 saturated heterocycles. The summed E-state index contributed by atoms with van der Waals surface area (Å²) in [5.74, 6) is 0.895. The van der Waals surface area contributed by atoms with E-state index in [1.54, 1.807) is 31.4 Å². The van der Waals surface area contributed by atoms with E-state index in [0.29, 0.717) is 0 Å². The minimum absolute atomic E-state index is 0. The van der Waals surface area contributed by atoms with Crippen molar-refractivity contribution in [3.8, 4) is 5.75 Å². The molecule has 1 rings (SSSR count). The van der Waals surface area contributed by atoms with E-state index in [9.17, 15) is 4.79 Å². The van der Waals surface area contributed by atoms with Crippen LogP contribution in [0.25, 0.3) is 0 Å². The van der Waals surface area contributed by atoms with Gasteiger partial charge in [-0.05, 0) is 45.3 Å². The van der Waals surface area contributed by atoms with E-state index in [4.69, 9.17) is 4.74 Å². The average Bonchev–Trinajstić information content (AvgIpc) is 2.27. The first kappa shape index (κ1) is 14.9. The lowest BCUT2D eigenvalue weighted by atomic mass is 10.0. The molecule has 0 amide bonds. The number of ether oxygens (including phenoxy) is 1. The van der Waals surface area contributed by atoms with Crippen molar-refractivity contribution in [2.24, 2.45) is 0 Å². The second kappa shape index (κ2) is 6.51. The molecular formula is C12H18ClNO2. The summed E-state index contributed by atoms with van der Waals surface area (Å²) in [4.78, 5) is 13.8. The summed E-state index contributed by atoms with van der Waals surface area (Å²) in [5, 5.41) is 0. The Hall–Kier alpha value is -1.06. The Balaban J connectivity index is 0.00000225. The summed E-state index contributed by atoms with van der Waals surface area (Å²) >= 11 is 0. The van der Waals surface area contributed by atoms with Crippen LogP contribution in [0.2, 0.25) is 0 Å². The third kappa shape index (κ3) is 3.51. The highest BCUT2D eigenvalue weighted by molar-refractivity contribution is 5.99. The quantitative estimate of drug-likeness (QED) is 0.760. The lowest BCUT2D eigenvalue weighted by molar-refractivity contribution is 0.0890. The average molecular weight is 244 g/mol. The summed E-state index contributed by atoms with van der Waals surface area (Å²) in [6.45, 7) is 1.90. The van der Waals surface area contributed by atoms with Gasteiger partial charge in [0.25, 0.3) is 0 Å². The monoisotopic (exact) mass is 243 g/mol. The fourth-order valence-corrected chi connectivity index (χ4v) is 1.23. The number of ketones is 1. The van der Waals surface area contributed by atoms with Gasteiger partial charge in [-0.1, -0.05) is 0 Å². The van der Waals surface area contributed by atoms with Crippen LogP contribution in [0, 0.1) is 0 Å². The molecule has 1 atom stereocenters. The highest BCUT2D eigenvalue weighted by Crippen LogP contribution is 2.13. The molecule has 3 nitrogen and oxygen atoms in total. The van der Waals surface area contributed by atoms with Crippen LogP contribution in [0.5, 0.6) is 5.75 Å². The van der Waals surface area contributed by atoms with Gasteiger partial charge in [0.1, 0.15) is 5.75 Å². The summed E-state index contributed by atoms with van der Waals surface area (Å²) in [5.41, 5.74) is 0.719. The minimum Gasteiger partial charge on any atom is -0.497 e. The molecule has 1 aromatic carbocycles. The largest absolute Gasteiger partial charge is 0.497 e. The normalized spacial score (nSPS) is 11.8. The van der Waals surface area contributed by atoms with Gasteiger partial charge >= 0.3 is 0 Å². The number of Topliss-reactive ketones (excluding diaryl/α,β-unsaturated/α-hetero) is 1. The number of benzene rings is 1. The van der Waals surface area contributed by atoms with Crippen LogP contribution >= 0.6 is 12.4 Å². The molecule has 0 aromatic heterocycles. The van der Waals surface area contributed by atoms with Crippen molar-refractivity contribution in [2.45, 2.75) is 13.0 Å². The number of likely N-dealkylation sites (N-methyl/N-ethyl adjacent to an activating group) is 1. The second-order valence-electron chi connectivity index (χ2n) is 3.73. The van der Waals surface area contributed by atoms with Gasteiger partial charge in [0.2, 0.25) is 0 Å². The van der Waals surface area contributed by atoms with Crippen LogP contribution in [0.4, 0.5) is 0 Å². The SMILES string of the molecule is COc1ccc(C(=O)C(C)N(C)C)cc1.Cl. The number of halogens is 1. The first-order valence-electron chi connectivity index (χ1n) is 4.91. The van der Waals surface area contributed by atoms with Crippen molar-refractivity contribution >= 4 is 18.2 Å². The lowest BCUT2D eigenvalue weighted by Crippen LogP contribution is -2.32.